The van der Waals surface area contributed by atoms with E-state index >= 15 is 0 Å². The van der Waals surface area contributed by atoms with Crippen LogP contribution in [0, 0.1) is 0 Å². The number of alkyl halides is 3. The van der Waals surface area contributed by atoms with E-state index in [0.29, 0.717) is 10.6 Å². The van der Waals surface area contributed by atoms with Gasteiger partial charge in [0.25, 0.3) is 0 Å². The summed E-state index contributed by atoms with van der Waals surface area (Å²) in [5.41, 5.74) is 0.342. The molecule has 0 aliphatic carbocycles. The van der Waals surface area contributed by atoms with Gasteiger partial charge in [0.15, 0.2) is 0 Å². The number of carboxylic acid groups (broad SMARTS) is 1. The van der Waals surface area contributed by atoms with Gasteiger partial charge in [0.1, 0.15) is 12.5 Å². The first-order valence-corrected chi connectivity index (χ1v) is 5.30. The molecule has 0 aliphatic rings. The van der Waals surface area contributed by atoms with E-state index < -0.39 is 31.3 Å². The lowest BCUT2D eigenvalue weighted by atomic mass is 10.0. The van der Waals surface area contributed by atoms with Crippen molar-refractivity contribution in [2.45, 2.75) is 12.1 Å². The summed E-state index contributed by atoms with van der Waals surface area (Å²) < 4.78 is 40.0. The van der Waals surface area contributed by atoms with Crippen LogP contribution in [0.2, 0.25) is 5.02 Å². The number of carboxylic acids is 1. The van der Waals surface area contributed by atoms with Gasteiger partial charge in [-0.15, -0.1) is 0 Å². The molecular weight excluding hydrogens is 273 g/mol. The van der Waals surface area contributed by atoms with Crippen molar-refractivity contribution in [1.29, 1.82) is 0 Å². The Kier molecular flexibility index (Phi) is 4.98. The van der Waals surface area contributed by atoms with Gasteiger partial charge in [-0.3, -0.25) is 4.79 Å². The molecule has 0 bridgehead atoms. The van der Waals surface area contributed by atoms with Gasteiger partial charge in [0.05, 0.1) is 6.61 Å². The Hall–Kier alpha value is -1.27. The highest BCUT2D eigenvalue weighted by atomic mass is 35.5. The molecule has 0 amide bonds. The SMILES string of the molecule is O=C(O)C(COCC(F)(F)F)c1ccc(Cl)cc1. The zero-order chi connectivity index (χ0) is 13.8. The molecule has 0 aliphatic heterocycles. The minimum absolute atomic E-state index is 0.342. The Bertz CT molecular complexity index is 403. The molecule has 1 atom stereocenters. The Labute approximate surface area is 106 Å². The maximum absolute atomic E-state index is 11.9. The summed E-state index contributed by atoms with van der Waals surface area (Å²) in [4.78, 5) is 10.9. The number of halogens is 4. The number of hydrogen-bond donors (Lipinski definition) is 1. The Morgan fingerprint density at radius 2 is 1.89 bits per heavy atom. The van der Waals surface area contributed by atoms with E-state index in [4.69, 9.17) is 16.7 Å². The van der Waals surface area contributed by atoms with Gasteiger partial charge in [-0.05, 0) is 17.7 Å². The number of ether oxygens (including phenoxy) is 1. The number of benzene rings is 1. The van der Waals surface area contributed by atoms with Crippen LogP contribution in [0.25, 0.3) is 0 Å². The van der Waals surface area contributed by atoms with E-state index in [9.17, 15) is 18.0 Å². The van der Waals surface area contributed by atoms with Crippen molar-refractivity contribution >= 4 is 17.6 Å². The predicted octanol–water partition coefficient (Wildman–Crippen LogP) is 3.09. The van der Waals surface area contributed by atoms with Crippen molar-refractivity contribution in [2.75, 3.05) is 13.2 Å². The lowest BCUT2D eigenvalue weighted by Crippen LogP contribution is -2.23. The first kappa shape index (κ1) is 14.8. The lowest BCUT2D eigenvalue weighted by Gasteiger charge is -2.14. The maximum atomic E-state index is 11.9. The van der Waals surface area contributed by atoms with Gasteiger partial charge in [0, 0.05) is 5.02 Å². The second-order valence-electron chi connectivity index (χ2n) is 3.57. The molecule has 1 aromatic rings. The van der Waals surface area contributed by atoms with Crippen molar-refractivity contribution in [1.82, 2.24) is 0 Å². The van der Waals surface area contributed by atoms with Crippen LogP contribution in [0.15, 0.2) is 24.3 Å². The number of carbonyl (C=O) groups is 1. The topological polar surface area (TPSA) is 46.5 Å². The van der Waals surface area contributed by atoms with Crippen molar-refractivity contribution in [3.8, 4) is 0 Å². The molecule has 0 spiro atoms. The molecule has 1 rings (SSSR count). The molecule has 18 heavy (non-hydrogen) atoms. The normalized spacial score (nSPS) is 13.3. The number of hydrogen-bond acceptors (Lipinski definition) is 2. The van der Waals surface area contributed by atoms with Crippen molar-refractivity contribution < 1.29 is 27.8 Å². The number of rotatable bonds is 5. The molecule has 1 N–H and O–H groups in total. The molecule has 3 nitrogen and oxygen atoms in total. The fourth-order valence-electron chi connectivity index (χ4n) is 1.30. The van der Waals surface area contributed by atoms with Crippen molar-refractivity contribution in [3.63, 3.8) is 0 Å². The molecule has 0 saturated carbocycles. The van der Waals surface area contributed by atoms with Crippen LogP contribution in [-0.4, -0.2) is 30.5 Å². The average Bonchev–Trinajstić information content (AvgIpc) is 2.24. The van der Waals surface area contributed by atoms with E-state index in [1.807, 2.05) is 0 Å². The summed E-state index contributed by atoms with van der Waals surface area (Å²) in [7, 11) is 0. The fourth-order valence-corrected chi connectivity index (χ4v) is 1.42. The monoisotopic (exact) mass is 282 g/mol. The molecule has 1 unspecified atom stereocenters. The van der Waals surface area contributed by atoms with Crippen molar-refractivity contribution in [2.24, 2.45) is 0 Å². The molecule has 0 radical (unpaired) electrons. The second kappa shape index (κ2) is 6.06. The van der Waals surface area contributed by atoms with Crippen LogP contribution in [0.3, 0.4) is 0 Å². The van der Waals surface area contributed by atoms with E-state index in [2.05, 4.69) is 4.74 Å². The standard InChI is InChI=1S/C11H10ClF3O3/c12-8-3-1-7(2-4-8)9(10(16)17)5-18-6-11(13,14)15/h1-4,9H,5-6H2,(H,16,17). The average molecular weight is 283 g/mol. The van der Waals surface area contributed by atoms with Crippen LogP contribution in [0.1, 0.15) is 11.5 Å². The van der Waals surface area contributed by atoms with E-state index in [1.165, 1.54) is 24.3 Å². The Balaban J connectivity index is 2.66. The summed E-state index contributed by atoms with van der Waals surface area (Å²) >= 11 is 5.63. The molecule has 0 fully saturated rings. The fraction of sp³-hybridized carbons (Fsp3) is 0.364. The van der Waals surface area contributed by atoms with Gasteiger partial charge in [-0.2, -0.15) is 13.2 Å². The van der Waals surface area contributed by atoms with E-state index in [1.54, 1.807) is 0 Å². The highest BCUT2D eigenvalue weighted by Gasteiger charge is 2.29. The zero-order valence-electron chi connectivity index (χ0n) is 9.08. The Morgan fingerprint density at radius 3 is 2.33 bits per heavy atom. The van der Waals surface area contributed by atoms with Crippen LogP contribution < -0.4 is 0 Å². The third kappa shape index (κ3) is 4.93. The highest BCUT2D eigenvalue weighted by Crippen LogP contribution is 2.21. The third-order valence-corrected chi connectivity index (χ3v) is 2.37. The molecular formula is C11H10ClF3O3. The molecule has 100 valence electrons. The smallest absolute Gasteiger partial charge is 0.411 e. The Morgan fingerprint density at radius 1 is 1.33 bits per heavy atom. The quantitative estimate of drug-likeness (QED) is 0.903. The first-order valence-electron chi connectivity index (χ1n) is 4.92. The van der Waals surface area contributed by atoms with E-state index in [-0.39, 0.29) is 0 Å². The first-order chi connectivity index (χ1) is 8.29. The molecule has 0 saturated heterocycles. The molecule has 1 aromatic carbocycles. The predicted molar refractivity (Wildman–Crippen MR) is 58.7 cm³/mol. The van der Waals surface area contributed by atoms with Crippen LogP contribution in [-0.2, 0) is 9.53 Å². The third-order valence-electron chi connectivity index (χ3n) is 2.12. The van der Waals surface area contributed by atoms with E-state index in [0.717, 1.165) is 0 Å². The van der Waals surface area contributed by atoms with Crippen LogP contribution >= 0.6 is 11.6 Å². The molecule has 0 heterocycles. The van der Waals surface area contributed by atoms with Gasteiger partial charge in [0.2, 0.25) is 0 Å². The van der Waals surface area contributed by atoms with Gasteiger partial charge < -0.3 is 9.84 Å². The largest absolute Gasteiger partial charge is 0.481 e. The van der Waals surface area contributed by atoms with Gasteiger partial charge in [-0.25, -0.2) is 0 Å². The molecule has 0 aromatic heterocycles. The zero-order valence-corrected chi connectivity index (χ0v) is 9.83. The number of aliphatic carboxylic acids is 1. The molecule has 7 heteroatoms. The summed E-state index contributed by atoms with van der Waals surface area (Å²) in [6.45, 7) is -2.01. The summed E-state index contributed by atoms with van der Waals surface area (Å²) in [6, 6.07) is 5.82. The van der Waals surface area contributed by atoms with Crippen molar-refractivity contribution in [3.05, 3.63) is 34.9 Å². The minimum Gasteiger partial charge on any atom is -0.481 e. The van der Waals surface area contributed by atoms with Gasteiger partial charge in [-0.1, -0.05) is 23.7 Å². The maximum Gasteiger partial charge on any atom is 0.411 e. The lowest BCUT2D eigenvalue weighted by molar-refractivity contribution is -0.177. The summed E-state index contributed by atoms with van der Waals surface area (Å²) in [5, 5.41) is 9.35. The summed E-state index contributed by atoms with van der Waals surface area (Å²) in [6.07, 6.45) is -4.47. The second-order valence-corrected chi connectivity index (χ2v) is 4.01. The van der Waals surface area contributed by atoms with Crippen LogP contribution in [0.4, 0.5) is 13.2 Å². The summed E-state index contributed by atoms with van der Waals surface area (Å²) in [5.74, 6) is -2.40. The minimum atomic E-state index is -4.47. The van der Waals surface area contributed by atoms with Crippen LogP contribution in [0.5, 0.6) is 0 Å². The van der Waals surface area contributed by atoms with Gasteiger partial charge >= 0.3 is 12.1 Å². The highest BCUT2D eigenvalue weighted by molar-refractivity contribution is 6.30.